The number of nitrogens with zero attached hydrogens (tertiary/aromatic N) is 1. The van der Waals surface area contributed by atoms with Crippen molar-refractivity contribution in [2.45, 2.75) is 38.9 Å². The Labute approximate surface area is 100 Å². The second-order valence-corrected chi connectivity index (χ2v) is 5.32. The van der Waals surface area contributed by atoms with Crippen molar-refractivity contribution >= 4 is 17.2 Å². The van der Waals surface area contributed by atoms with E-state index in [9.17, 15) is 4.79 Å². The van der Waals surface area contributed by atoms with Gasteiger partial charge in [0, 0.05) is 11.4 Å². The average molecular weight is 238 g/mol. The van der Waals surface area contributed by atoms with Crippen LogP contribution in [0.25, 0.3) is 0 Å². The Morgan fingerprint density at radius 3 is 2.81 bits per heavy atom. The summed E-state index contributed by atoms with van der Waals surface area (Å²) in [4.78, 5) is 15.4. The molecule has 0 aliphatic carbocycles. The predicted octanol–water partition coefficient (Wildman–Crippen LogP) is 2.37. The van der Waals surface area contributed by atoms with Crippen LogP contribution in [-0.4, -0.2) is 22.9 Å². The Bertz CT molecular complexity index is 376. The van der Waals surface area contributed by atoms with Crippen LogP contribution in [0.5, 0.6) is 0 Å². The summed E-state index contributed by atoms with van der Waals surface area (Å²) in [6.45, 7) is 6.83. The van der Waals surface area contributed by atoms with E-state index in [1.54, 1.807) is 11.3 Å². The van der Waals surface area contributed by atoms with Crippen molar-refractivity contribution in [2.24, 2.45) is 0 Å². The van der Waals surface area contributed by atoms with Crippen LogP contribution in [0.2, 0.25) is 0 Å². The fourth-order valence-electron chi connectivity index (χ4n) is 2.13. The molecular weight excluding hydrogens is 220 g/mol. The third-order valence-electron chi connectivity index (χ3n) is 3.36. The highest BCUT2D eigenvalue weighted by atomic mass is 32.1. The first-order valence-corrected chi connectivity index (χ1v) is 6.62. The van der Waals surface area contributed by atoms with Gasteiger partial charge in [-0.2, -0.15) is 0 Å². The number of likely N-dealkylation sites (N-methyl/N-ethyl adjacent to an activating group) is 1. The van der Waals surface area contributed by atoms with Gasteiger partial charge in [0.15, 0.2) is 0 Å². The van der Waals surface area contributed by atoms with Crippen LogP contribution >= 0.6 is 11.3 Å². The van der Waals surface area contributed by atoms with E-state index in [0.717, 1.165) is 13.0 Å². The highest BCUT2D eigenvalue weighted by Crippen LogP contribution is 2.33. The van der Waals surface area contributed by atoms with E-state index in [-0.39, 0.29) is 12.1 Å². The zero-order valence-corrected chi connectivity index (χ0v) is 10.8. The molecule has 0 bridgehead atoms. The van der Waals surface area contributed by atoms with E-state index in [4.69, 9.17) is 0 Å². The summed E-state index contributed by atoms with van der Waals surface area (Å²) in [5, 5.41) is 5.51. The van der Waals surface area contributed by atoms with Gasteiger partial charge in [-0.05, 0) is 31.7 Å². The van der Waals surface area contributed by atoms with Crippen LogP contribution in [0.15, 0.2) is 17.5 Å². The maximum atomic E-state index is 12.3. The summed E-state index contributed by atoms with van der Waals surface area (Å²) in [6.07, 6.45) is 0.881. The molecule has 1 saturated heterocycles. The number of nitrogens with one attached hydrogen (secondary N) is 1. The Morgan fingerprint density at radius 1 is 1.56 bits per heavy atom. The van der Waals surface area contributed by atoms with E-state index >= 15 is 0 Å². The number of carbonyl (C=O) groups is 1. The van der Waals surface area contributed by atoms with Crippen molar-refractivity contribution in [1.82, 2.24) is 10.2 Å². The predicted molar refractivity (Wildman–Crippen MR) is 66.3 cm³/mol. The SMILES string of the molecule is CCN1C(=O)C(C)(CC)NC1c1cccs1. The number of thiophene rings is 1. The van der Waals surface area contributed by atoms with Gasteiger partial charge in [-0.25, -0.2) is 0 Å². The van der Waals surface area contributed by atoms with E-state index in [0.29, 0.717) is 0 Å². The first-order chi connectivity index (χ1) is 7.62. The van der Waals surface area contributed by atoms with E-state index in [1.165, 1.54) is 4.88 Å². The second-order valence-electron chi connectivity index (χ2n) is 4.34. The fourth-order valence-corrected chi connectivity index (χ4v) is 2.91. The first-order valence-electron chi connectivity index (χ1n) is 5.74. The summed E-state index contributed by atoms with van der Waals surface area (Å²) in [5.74, 6) is 0.218. The molecule has 3 nitrogen and oxygen atoms in total. The van der Waals surface area contributed by atoms with E-state index in [2.05, 4.69) is 23.7 Å². The smallest absolute Gasteiger partial charge is 0.244 e. The molecule has 2 unspecified atom stereocenters. The van der Waals surface area contributed by atoms with E-state index in [1.807, 2.05) is 24.8 Å². The van der Waals surface area contributed by atoms with Gasteiger partial charge in [-0.3, -0.25) is 10.1 Å². The molecule has 2 heterocycles. The van der Waals surface area contributed by atoms with Gasteiger partial charge < -0.3 is 4.90 Å². The lowest BCUT2D eigenvalue weighted by Crippen LogP contribution is -2.42. The number of amides is 1. The number of hydrogen-bond acceptors (Lipinski definition) is 3. The van der Waals surface area contributed by atoms with Gasteiger partial charge in [0.1, 0.15) is 6.17 Å². The number of hydrogen-bond donors (Lipinski definition) is 1. The van der Waals surface area contributed by atoms with Crippen molar-refractivity contribution in [2.75, 3.05) is 6.54 Å². The minimum Gasteiger partial charge on any atom is -0.321 e. The zero-order valence-electron chi connectivity index (χ0n) is 9.99. The van der Waals surface area contributed by atoms with Crippen LogP contribution in [0.1, 0.15) is 38.2 Å². The second kappa shape index (κ2) is 4.18. The lowest BCUT2D eigenvalue weighted by molar-refractivity contribution is -0.132. The van der Waals surface area contributed by atoms with Crippen LogP contribution in [0, 0.1) is 0 Å². The maximum absolute atomic E-state index is 12.3. The van der Waals surface area contributed by atoms with Crippen molar-refractivity contribution < 1.29 is 4.79 Å². The number of rotatable bonds is 3. The maximum Gasteiger partial charge on any atom is 0.244 e. The summed E-state index contributed by atoms with van der Waals surface area (Å²) in [7, 11) is 0. The van der Waals surface area contributed by atoms with Gasteiger partial charge in [0.25, 0.3) is 0 Å². The minimum absolute atomic E-state index is 0.0578. The summed E-state index contributed by atoms with van der Waals surface area (Å²) < 4.78 is 0. The molecule has 1 aliphatic rings. The molecular formula is C12H18N2OS. The third kappa shape index (κ3) is 1.66. The molecule has 0 radical (unpaired) electrons. The largest absolute Gasteiger partial charge is 0.321 e. The van der Waals surface area contributed by atoms with Gasteiger partial charge in [0.05, 0.1) is 5.54 Å². The quantitative estimate of drug-likeness (QED) is 0.877. The van der Waals surface area contributed by atoms with Gasteiger partial charge in [-0.15, -0.1) is 11.3 Å². The summed E-state index contributed by atoms with van der Waals surface area (Å²) in [6, 6.07) is 4.11. The molecule has 1 aliphatic heterocycles. The standard InChI is InChI=1S/C12H18N2OS/c1-4-12(3)11(15)14(5-2)10(13-12)9-7-6-8-16-9/h6-8,10,13H,4-5H2,1-3H3. The van der Waals surface area contributed by atoms with Crippen LogP contribution in [0.3, 0.4) is 0 Å². The van der Waals surface area contributed by atoms with Crippen LogP contribution in [0.4, 0.5) is 0 Å². The molecule has 16 heavy (non-hydrogen) atoms. The fraction of sp³-hybridized carbons (Fsp3) is 0.583. The van der Waals surface area contributed by atoms with Gasteiger partial charge >= 0.3 is 0 Å². The highest BCUT2D eigenvalue weighted by molar-refractivity contribution is 7.10. The van der Waals surface area contributed by atoms with Crippen molar-refractivity contribution in [3.8, 4) is 0 Å². The molecule has 0 aromatic carbocycles. The number of carbonyl (C=O) groups excluding carboxylic acids is 1. The molecule has 4 heteroatoms. The molecule has 0 saturated carbocycles. The lowest BCUT2D eigenvalue weighted by atomic mass is 9.99. The topological polar surface area (TPSA) is 32.3 Å². The minimum atomic E-state index is -0.398. The van der Waals surface area contributed by atoms with Crippen LogP contribution in [-0.2, 0) is 4.79 Å². The Hall–Kier alpha value is -0.870. The van der Waals surface area contributed by atoms with E-state index < -0.39 is 5.54 Å². The molecule has 1 amide bonds. The molecule has 1 fully saturated rings. The zero-order chi connectivity index (χ0) is 11.8. The van der Waals surface area contributed by atoms with Crippen molar-refractivity contribution in [3.63, 3.8) is 0 Å². The monoisotopic (exact) mass is 238 g/mol. The summed E-state index contributed by atoms with van der Waals surface area (Å²) in [5.41, 5.74) is -0.398. The van der Waals surface area contributed by atoms with Crippen molar-refractivity contribution in [1.29, 1.82) is 0 Å². The third-order valence-corrected chi connectivity index (χ3v) is 4.29. The van der Waals surface area contributed by atoms with Crippen molar-refractivity contribution in [3.05, 3.63) is 22.4 Å². The highest BCUT2D eigenvalue weighted by Gasteiger charge is 2.46. The molecule has 2 rings (SSSR count). The summed E-state index contributed by atoms with van der Waals surface area (Å²) >= 11 is 1.70. The van der Waals surface area contributed by atoms with Gasteiger partial charge in [-0.1, -0.05) is 13.0 Å². The average Bonchev–Trinajstić information content (AvgIpc) is 2.88. The van der Waals surface area contributed by atoms with Gasteiger partial charge in [0.2, 0.25) is 5.91 Å². The lowest BCUT2D eigenvalue weighted by Gasteiger charge is -2.21. The Balaban J connectivity index is 2.31. The molecule has 88 valence electrons. The molecule has 1 aromatic rings. The van der Waals surface area contributed by atoms with Crippen LogP contribution < -0.4 is 5.32 Å². The first kappa shape index (κ1) is 11.6. The molecule has 2 atom stereocenters. The Kier molecular flexibility index (Phi) is 3.04. The molecule has 0 spiro atoms. The molecule has 1 aromatic heterocycles. The normalized spacial score (nSPS) is 30.1. The Morgan fingerprint density at radius 2 is 2.31 bits per heavy atom. The molecule has 1 N–H and O–H groups in total.